The molecule has 4 rings (SSSR count). The van der Waals surface area contributed by atoms with Gasteiger partial charge in [0.2, 0.25) is 0 Å². The monoisotopic (exact) mass is 388 g/mol. The van der Waals surface area contributed by atoms with Gasteiger partial charge in [-0.15, -0.1) is 0 Å². The number of nitrogens with zero attached hydrogens (tertiary/aromatic N) is 3. The normalized spacial score (nSPS) is 11.3. The summed E-state index contributed by atoms with van der Waals surface area (Å²) in [4.78, 5) is 12.2. The van der Waals surface area contributed by atoms with Crippen LogP contribution in [-0.2, 0) is 0 Å². The van der Waals surface area contributed by atoms with Gasteiger partial charge in [0, 0.05) is 17.5 Å². The highest BCUT2D eigenvalue weighted by atomic mass is 19.1. The molecule has 5 nitrogen and oxygen atoms in total. The first kappa shape index (κ1) is 18.7. The molecule has 0 aliphatic carbocycles. The third kappa shape index (κ3) is 3.96. The molecule has 0 bridgehead atoms. The van der Waals surface area contributed by atoms with Crippen LogP contribution in [0.15, 0.2) is 55.0 Å². The average Bonchev–Trinajstić information content (AvgIpc) is 3.32. The summed E-state index contributed by atoms with van der Waals surface area (Å²) in [6.45, 7) is 3.90. The Kier molecular flexibility index (Phi) is 4.99. The first-order valence-electron chi connectivity index (χ1n) is 9.23. The number of H-pyrrole nitrogens is 1. The lowest BCUT2D eigenvalue weighted by atomic mass is 10.1. The molecule has 0 unspecified atom stereocenters. The topological polar surface area (TPSA) is 55.7 Å². The number of aromatic nitrogens is 4. The van der Waals surface area contributed by atoms with Gasteiger partial charge in [0.15, 0.2) is 0 Å². The van der Waals surface area contributed by atoms with Crippen LogP contribution in [0.25, 0.3) is 29.1 Å². The molecule has 0 spiro atoms. The minimum absolute atomic E-state index is 0.259. The van der Waals surface area contributed by atoms with E-state index >= 15 is 0 Å². The molecule has 0 aliphatic rings. The Labute approximate surface area is 168 Å². The fourth-order valence-electron chi connectivity index (χ4n) is 3.19. The minimum atomic E-state index is -0.259. The van der Waals surface area contributed by atoms with Crippen LogP contribution >= 0.6 is 0 Å². The molecule has 2 heterocycles. The highest BCUT2D eigenvalue weighted by Gasteiger charge is 2.09. The molecule has 4 aromatic rings. The zero-order valence-corrected chi connectivity index (χ0v) is 16.5. The summed E-state index contributed by atoms with van der Waals surface area (Å²) >= 11 is 0. The number of nitrogens with one attached hydrogen (secondary N) is 1. The van der Waals surface area contributed by atoms with E-state index < -0.39 is 0 Å². The SMILES string of the molecule is COc1cc(C=Cc2nc(-c3ccc(F)cc3)c(C)[nH]2)ccc1-n1cnc(C)c1. The molecule has 0 amide bonds. The molecule has 0 fully saturated rings. The van der Waals surface area contributed by atoms with Crippen LogP contribution < -0.4 is 4.74 Å². The molecule has 1 N–H and O–H groups in total. The Morgan fingerprint density at radius 3 is 2.55 bits per heavy atom. The molecule has 146 valence electrons. The van der Waals surface area contributed by atoms with Crippen molar-refractivity contribution in [3.05, 3.63) is 83.6 Å². The lowest BCUT2D eigenvalue weighted by Crippen LogP contribution is -1.95. The summed E-state index contributed by atoms with van der Waals surface area (Å²) in [7, 11) is 1.65. The van der Waals surface area contributed by atoms with Crippen LogP contribution in [0.4, 0.5) is 4.39 Å². The van der Waals surface area contributed by atoms with Crippen molar-refractivity contribution in [3.8, 4) is 22.7 Å². The van der Waals surface area contributed by atoms with Gasteiger partial charge in [0.25, 0.3) is 0 Å². The van der Waals surface area contributed by atoms with Gasteiger partial charge in [-0.25, -0.2) is 14.4 Å². The lowest BCUT2D eigenvalue weighted by molar-refractivity contribution is 0.413. The van der Waals surface area contributed by atoms with E-state index in [9.17, 15) is 4.39 Å². The van der Waals surface area contributed by atoms with Crippen molar-refractivity contribution < 1.29 is 9.13 Å². The Hall–Kier alpha value is -3.67. The van der Waals surface area contributed by atoms with Gasteiger partial charge in [-0.1, -0.05) is 12.1 Å². The molecule has 2 aromatic carbocycles. The Balaban J connectivity index is 1.59. The van der Waals surface area contributed by atoms with Gasteiger partial charge in [0.05, 0.1) is 30.5 Å². The number of rotatable bonds is 5. The average molecular weight is 388 g/mol. The first-order valence-corrected chi connectivity index (χ1v) is 9.23. The molecule has 6 heteroatoms. The van der Waals surface area contributed by atoms with E-state index in [1.165, 1.54) is 12.1 Å². The largest absolute Gasteiger partial charge is 0.495 e. The first-order chi connectivity index (χ1) is 14.0. The van der Waals surface area contributed by atoms with Gasteiger partial charge in [-0.3, -0.25) is 0 Å². The molecule has 0 atom stereocenters. The number of ether oxygens (including phenoxy) is 1. The van der Waals surface area contributed by atoms with Crippen molar-refractivity contribution in [2.75, 3.05) is 7.11 Å². The molecule has 0 radical (unpaired) electrons. The van der Waals surface area contributed by atoms with E-state index in [4.69, 9.17) is 4.74 Å². The fraction of sp³-hybridized carbons (Fsp3) is 0.130. The number of halogens is 1. The van der Waals surface area contributed by atoms with Crippen molar-refractivity contribution in [2.45, 2.75) is 13.8 Å². The van der Waals surface area contributed by atoms with Crippen molar-refractivity contribution in [1.82, 2.24) is 19.5 Å². The van der Waals surface area contributed by atoms with Crippen LogP contribution in [0.5, 0.6) is 5.75 Å². The van der Waals surface area contributed by atoms with Crippen molar-refractivity contribution in [1.29, 1.82) is 0 Å². The molecule has 0 aliphatic heterocycles. The van der Waals surface area contributed by atoms with Crippen LogP contribution in [0.1, 0.15) is 22.8 Å². The number of aromatic amines is 1. The van der Waals surface area contributed by atoms with E-state index in [2.05, 4.69) is 15.0 Å². The third-order valence-corrected chi connectivity index (χ3v) is 4.65. The number of hydrogen-bond donors (Lipinski definition) is 1. The van der Waals surface area contributed by atoms with Crippen molar-refractivity contribution >= 4 is 12.2 Å². The lowest BCUT2D eigenvalue weighted by Gasteiger charge is -2.09. The molecular weight excluding hydrogens is 367 g/mol. The Morgan fingerprint density at radius 2 is 1.86 bits per heavy atom. The summed E-state index contributed by atoms with van der Waals surface area (Å²) in [5.41, 5.74) is 5.48. The maximum atomic E-state index is 13.2. The highest BCUT2D eigenvalue weighted by Crippen LogP contribution is 2.26. The molecule has 0 saturated carbocycles. The second-order valence-electron chi connectivity index (χ2n) is 6.79. The number of hydrogen-bond acceptors (Lipinski definition) is 3. The highest BCUT2D eigenvalue weighted by molar-refractivity contribution is 5.71. The Morgan fingerprint density at radius 1 is 1.07 bits per heavy atom. The van der Waals surface area contributed by atoms with Gasteiger partial charge in [-0.2, -0.15) is 0 Å². The third-order valence-electron chi connectivity index (χ3n) is 4.65. The quantitative estimate of drug-likeness (QED) is 0.511. The van der Waals surface area contributed by atoms with E-state index in [1.54, 1.807) is 25.6 Å². The summed E-state index contributed by atoms with van der Waals surface area (Å²) < 4.78 is 20.7. The van der Waals surface area contributed by atoms with Gasteiger partial charge < -0.3 is 14.3 Å². The van der Waals surface area contributed by atoms with Crippen molar-refractivity contribution in [2.24, 2.45) is 0 Å². The van der Waals surface area contributed by atoms with E-state index in [-0.39, 0.29) is 5.82 Å². The zero-order chi connectivity index (χ0) is 20.4. The maximum Gasteiger partial charge on any atom is 0.143 e. The van der Waals surface area contributed by atoms with Crippen LogP contribution in [0, 0.1) is 19.7 Å². The van der Waals surface area contributed by atoms with Gasteiger partial charge in [-0.05, 0) is 61.9 Å². The number of aryl methyl sites for hydroxylation is 2. The molecule has 0 saturated heterocycles. The van der Waals surface area contributed by atoms with Crippen molar-refractivity contribution in [3.63, 3.8) is 0 Å². The standard InChI is InChI=1S/C23H21FN4O/c1-15-13-28(14-25-15)20-10-4-17(12-21(20)29-3)5-11-22-26-16(2)23(27-22)18-6-8-19(24)9-7-18/h4-14H,1-3H3,(H,26,27). The van der Waals surface area contributed by atoms with Crippen LogP contribution in [-0.4, -0.2) is 26.6 Å². The van der Waals surface area contributed by atoms with E-state index in [0.717, 1.165) is 45.5 Å². The predicted octanol–water partition coefficient (Wildman–Crippen LogP) is 5.20. The summed E-state index contributed by atoms with van der Waals surface area (Å²) in [6, 6.07) is 12.3. The second kappa shape index (κ2) is 7.75. The number of imidazole rings is 2. The number of benzene rings is 2. The van der Waals surface area contributed by atoms with Gasteiger partial charge >= 0.3 is 0 Å². The molecule has 29 heavy (non-hydrogen) atoms. The minimum Gasteiger partial charge on any atom is -0.495 e. The smallest absolute Gasteiger partial charge is 0.143 e. The molecular formula is C23H21FN4O. The summed E-state index contributed by atoms with van der Waals surface area (Å²) in [5.74, 6) is 1.23. The number of methoxy groups -OCH3 is 1. The second-order valence-corrected chi connectivity index (χ2v) is 6.79. The van der Waals surface area contributed by atoms with E-state index in [1.807, 2.05) is 55.0 Å². The van der Waals surface area contributed by atoms with Crippen LogP contribution in [0.3, 0.4) is 0 Å². The maximum absolute atomic E-state index is 13.2. The summed E-state index contributed by atoms with van der Waals surface area (Å²) in [6.07, 6.45) is 7.61. The van der Waals surface area contributed by atoms with Crippen LogP contribution in [0.2, 0.25) is 0 Å². The predicted molar refractivity (Wildman–Crippen MR) is 112 cm³/mol. The fourth-order valence-corrected chi connectivity index (χ4v) is 3.19. The van der Waals surface area contributed by atoms with Gasteiger partial charge in [0.1, 0.15) is 17.4 Å². The zero-order valence-electron chi connectivity index (χ0n) is 16.5. The Bertz CT molecular complexity index is 1170. The molecule has 2 aromatic heterocycles. The van der Waals surface area contributed by atoms with E-state index in [0.29, 0.717) is 0 Å². The summed E-state index contributed by atoms with van der Waals surface area (Å²) in [5, 5.41) is 0.